The Bertz CT molecular complexity index is 701. The van der Waals surface area contributed by atoms with Crippen LogP contribution in [0.3, 0.4) is 0 Å². The van der Waals surface area contributed by atoms with Crippen molar-refractivity contribution in [2.75, 3.05) is 13.1 Å². The third kappa shape index (κ3) is 2.48. The van der Waals surface area contributed by atoms with E-state index in [1.165, 1.54) is 19.4 Å². The molecule has 2 aliphatic rings. The van der Waals surface area contributed by atoms with Crippen molar-refractivity contribution >= 4 is 5.78 Å². The molecule has 4 nitrogen and oxygen atoms in total. The number of benzene rings is 1. The largest absolute Gasteiger partial charge is 0.325 e. The number of ketones is 1. The highest BCUT2D eigenvalue weighted by molar-refractivity contribution is 5.94. The van der Waals surface area contributed by atoms with E-state index in [1.54, 1.807) is 6.92 Å². The maximum Gasteiger partial charge on any atom is 0.180 e. The van der Waals surface area contributed by atoms with Crippen LogP contribution < -0.4 is 0 Å². The fourth-order valence-electron chi connectivity index (χ4n) is 3.33. The van der Waals surface area contributed by atoms with Crippen LogP contribution in [0.25, 0.3) is 11.4 Å². The summed E-state index contributed by atoms with van der Waals surface area (Å²) in [5.74, 6) is 1.88. The number of hydrogen-bond donors (Lipinski definition) is 0. The first-order valence-electron chi connectivity index (χ1n) is 8.10. The van der Waals surface area contributed by atoms with Crippen LogP contribution in [-0.4, -0.2) is 33.3 Å². The molecule has 114 valence electrons. The Morgan fingerprint density at radius 2 is 2.00 bits per heavy atom. The van der Waals surface area contributed by atoms with Gasteiger partial charge >= 0.3 is 0 Å². The molecule has 0 saturated heterocycles. The maximum absolute atomic E-state index is 12.0. The van der Waals surface area contributed by atoms with Crippen molar-refractivity contribution in [2.45, 2.75) is 32.9 Å². The Hall–Kier alpha value is -1.94. The molecule has 1 saturated carbocycles. The van der Waals surface area contributed by atoms with Gasteiger partial charge in [-0.3, -0.25) is 9.69 Å². The molecule has 4 heteroatoms. The molecule has 0 unspecified atom stereocenters. The first-order chi connectivity index (χ1) is 10.7. The molecule has 1 aromatic heterocycles. The number of nitrogens with zero attached hydrogens (tertiary/aromatic N) is 3. The Labute approximate surface area is 130 Å². The monoisotopic (exact) mass is 295 g/mol. The number of Topliss-reactive ketones (excluding diaryl/α,β-unsaturated/α-hetero) is 1. The highest BCUT2D eigenvalue weighted by atomic mass is 16.1. The maximum atomic E-state index is 12.0. The van der Waals surface area contributed by atoms with Crippen molar-refractivity contribution in [1.82, 2.24) is 14.5 Å². The predicted octanol–water partition coefficient (Wildman–Crippen LogP) is 2.98. The summed E-state index contributed by atoms with van der Waals surface area (Å²) in [6.45, 7) is 5.62. The van der Waals surface area contributed by atoms with Crippen LogP contribution in [0.4, 0.5) is 0 Å². The van der Waals surface area contributed by atoms with Gasteiger partial charge in [0, 0.05) is 38.7 Å². The predicted molar refractivity (Wildman–Crippen MR) is 85.7 cm³/mol. The van der Waals surface area contributed by atoms with Gasteiger partial charge in [-0.15, -0.1) is 0 Å². The van der Waals surface area contributed by atoms with Gasteiger partial charge in [-0.05, 0) is 18.8 Å². The molecule has 2 heterocycles. The average Bonchev–Trinajstić information content (AvgIpc) is 3.26. The van der Waals surface area contributed by atoms with Crippen molar-refractivity contribution < 1.29 is 4.79 Å². The van der Waals surface area contributed by atoms with Gasteiger partial charge in [-0.25, -0.2) is 4.98 Å². The molecule has 2 aromatic rings. The quantitative estimate of drug-likeness (QED) is 0.814. The zero-order valence-electron chi connectivity index (χ0n) is 13.0. The van der Waals surface area contributed by atoms with Gasteiger partial charge in [0.15, 0.2) is 5.78 Å². The lowest BCUT2D eigenvalue weighted by Crippen LogP contribution is -2.35. The normalized spacial score (nSPS) is 18.2. The molecule has 0 bridgehead atoms. The van der Waals surface area contributed by atoms with E-state index in [0.29, 0.717) is 5.69 Å². The fraction of sp³-hybridized carbons (Fsp3) is 0.444. The molecule has 0 spiro atoms. The standard InChI is InChI=1S/C18H21N3O/c1-13(22)17-16-12-20(11-14-7-8-14)9-10-21(16)18(19-17)15-5-3-2-4-6-15/h2-6,14H,7-12H2,1H3. The summed E-state index contributed by atoms with van der Waals surface area (Å²) in [4.78, 5) is 19.2. The summed E-state index contributed by atoms with van der Waals surface area (Å²) < 4.78 is 2.25. The minimum atomic E-state index is 0.0687. The van der Waals surface area contributed by atoms with Crippen molar-refractivity contribution in [3.05, 3.63) is 41.7 Å². The van der Waals surface area contributed by atoms with E-state index in [-0.39, 0.29) is 5.78 Å². The number of fused-ring (bicyclic) bond motifs is 1. The van der Waals surface area contributed by atoms with Crippen LogP contribution >= 0.6 is 0 Å². The first kappa shape index (κ1) is 13.7. The lowest BCUT2D eigenvalue weighted by atomic mass is 10.2. The number of aromatic nitrogens is 2. The number of carbonyl (C=O) groups is 1. The average molecular weight is 295 g/mol. The summed E-state index contributed by atoms with van der Waals surface area (Å²) in [6.07, 6.45) is 2.73. The minimum absolute atomic E-state index is 0.0687. The molecule has 0 atom stereocenters. The van der Waals surface area contributed by atoms with Crippen LogP contribution in [-0.2, 0) is 13.1 Å². The highest BCUT2D eigenvalue weighted by Gasteiger charge is 2.30. The molecule has 22 heavy (non-hydrogen) atoms. The van der Waals surface area contributed by atoms with Crippen LogP contribution in [0.15, 0.2) is 30.3 Å². The van der Waals surface area contributed by atoms with Crippen LogP contribution in [0.5, 0.6) is 0 Å². The van der Waals surface area contributed by atoms with Crippen molar-refractivity contribution in [3.8, 4) is 11.4 Å². The van der Waals surface area contributed by atoms with Gasteiger partial charge < -0.3 is 4.57 Å². The smallest absolute Gasteiger partial charge is 0.180 e. The molecule has 4 rings (SSSR count). The second kappa shape index (κ2) is 5.36. The molecule has 0 radical (unpaired) electrons. The number of imidazole rings is 1. The third-order valence-corrected chi connectivity index (χ3v) is 4.66. The Morgan fingerprint density at radius 1 is 1.23 bits per heavy atom. The molecular weight excluding hydrogens is 274 g/mol. The van der Waals surface area contributed by atoms with E-state index in [1.807, 2.05) is 18.2 Å². The van der Waals surface area contributed by atoms with E-state index in [4.69, 9.17) is 0 Å². The van der Waals surface area contributed by atoms with Gasteiger partial charge in [-0.1, -0.05) is 30.3 Å². The Kier molecular flexibility index (Phi) is 3.34. The van der Waals surface area contributed by atoms with Crippen LogP contribution in [0.1, 0.15) is 35.9 Å². The van der Waals surface area contributed by atoms with E-state index >= 15 is 0 Å². The molecule has 1 fully saturated rings. The van der Waals surface area contributed by atoms with Gasteiger partial charge in [0.1, 0.15) is 11.5 Å². The van der Waals surface area contributed by atoms with Crippen molar-refractivity contribution in [2.24, 2.45) is 5.92 Å². The molecule has 1 aliphatic carbocycles. The molecule has 0 amide bonds. The lowest BCUT2D eigenvalue weighted by Gasteiger charge is -2.29. The first-order valence-corrected chi connectivity index (χ1v) is 8.10. The van der Waals surface area contributed by atoms with Gasteiger partial charge in [0.25, 0.3) is 0 Å². The molecule has 1 aliphatic heterocycles. The van der Waals surface area contributed by atoms with Crippen molar-refractivity contribution in [1.29, 1.82) is 0 Å². The molecule has 0 N–H and O–H groups in total. The second-order valence-electron chi connectivity index (χ2n) is 6.48. The van der Waals surface area contributed by atoms with Crippen LogP contribution in [0.2, 0.25) is 0 Å². The Balaban J connectivity index is 1.72. The number of hydrogen-bond acceptors (Lipinski definition) is 3. The number of rotatable bonds is 4. The van der Waals surface area contributed by atoms with E-state index in [9.17, 15) is 4.79 Å². The highest BCUT2D eigenvalue weighted by Crippen LogP contribution is 2.32. The zero-order chi connectivity index (χ0) is 15.1. The van der Waals surface area contributed by atoms with Gasteiger partial charge in [0.2, 0.25) is 0 Å². The zero-order valence-corrected chi connectivity index (χ0v) is 13.0. The van der Waals surface area contributed by atoms with E-state index in [2.05, 4.69) is 26.6 Å². The topological polar surface area (TPSA) is 38.1 Å². The summed E-state index contributed by atoms with van der Waals surface area (Å²) in [5.41, 5.74) is 2.84. The lowest BCUT2D eigenvalue weighted by molar-refractivity contribution is 0.100. The fourth-order valence-corrected chi connectivity index (χ4v) is 3.33. The Morgan fingerprint density at radius 3 is 2.68 bits per heavy atom. The SMILES string of the molecule is CC(=O)c1nc(-c2ccccc2)n2c1CN(CC1CC1)CC2. The minimum Gasteiger partial charge on any atom is -0.325 e. The summed E-state index contributed by atoms with van der Waals surface area (Å²) in [7, 11) is 0. The van der Waals surface area contributed by atoms with E-state index < -0.39 is 0 Å². The molecule has 1 aromatic carbocycles. The van der Waals surface area contributed by atoms with Gasteiger partial charge in [0.05, 0.1) is 5.69 Å². The second-order valence-corrected chi connectivity index (χ2v) is 6.48. The molecular formula is C18H21N3O. The summed E-state index contributed by atoms with van der Waals surface area (Å²) in [5, 5.41) is 0. The summed E-state index contributed by atoms with van der Waals surface area (Å²) in [6, 6.07) is 10.2. The van der Waals surface area contributed by atoms with E-state index in [0.717, 1.165) is 42.6 Å². The summed E-state index contributed by atoms with van der Waals surface area (Å²) >= 11 is 0. The van der Waals surface area contributed by atoms with Crippen molar-refractivity contribution in [3.63, 3.8) is 0 Å². The number of carbonyl (C=O) groups excluding carboxylic acids is 1. The van der Waals surface area contributed by atoms with Crippen LogP contribution in [0, 0.1) is 5.92 Å². The third-order valence-electron chi connectivity index (χ3n) is 4.66. The van der Waals surface area contributed by atoms with Gasteiger partial charge in [-0.2, -0.15) is 0 Å².